The zero-order valence-electron chi connectivity index (χ0n) is 11.3. The van der Waals surface area contributed by atoms with E-state index >= 15 is 0 Å². The summed E-state index contributed by atoms with van der Waals surface area (Å²) in [5.41, 5.74) is 1.14. The summed E-state index contributed by atoms with van der Waals surface area (Å²) in [6.07, 6.45) is 3.95. The SMILES string of the molecule is CCCCCC1NC(=O)NC(C)=C1C(=O)OCC. The Morgan fingerprint density at radius 3 is 2.67 bits per heavy atom. The molecule has 0 saturated heterocycles. The highest BCUT2D eigenvalue weighted by molar-refractivity contribution is 5.94. The lowest BCUT2D eigenvalue weighted by molar-refractivity contribution is -0.139. The van der Waals surface area contributed by atoms with Gasteiger partial charge in [-0.25, -0.2) is 9.59 Å². The fourth-order valence-corrected chi connectivity index (χ4v) is 2.08. The number of allylic oxidation sites excluding steroid dienone is 1. The molecule has 0 radical (unpaired) electrons. The number of nitrogens with one attached hydrogen (secondary N) is 2. The molecule has 5 heteroatoms. The minimum atomic E-state index is -0.344. The molecular weight excluding hydrogens is 232 g/mol. The van der Waals surface area contributed by atoms with Crippen molar-refractivity contribution in [3.63, 3.8) is 0 Å². The normalized spacial score (nSPS) is 19.3. The Hall–Kier alpha value is -1.52. The van der Waals surface area contributed by atoms with Gasteiger partial charge in [0, 0.05) is 5.70 Å². The van der Waals surface area contributed by atoms with Gasteiger partial charge in [-0.1, -0.05) is 26.2 Å². The lowest BCUT2D eigenvalue weighted by Gasteiger charge is -2.27. The van der Waals surface area contributed by atoms with E-state index in [-0.39, 0.29) is 18.0 Å². The molecule has 1 rings (SSSR count). The van der Waals surface area contributed by atoms with Gasteiger partial charge in [-0.15, -0.1) is 0 Å². The van der Waals surface area contributed by atoms with Gasteiger partial charge in [-0.2, -0.15) is 0 Å². The molecule has 0 aliphatic carbocycles. The van der Waals surface area contributed by atoms with Crippen LogP contribution in [0, 0.1) is 0 Å². The van der Waals surface area contributed by atoms with Crippen LogP contribution in [0.25, 0.3) is 0 Å². The summed E-state index contributed by atoms with van der Waals surface area (Å²) in [6.45, 7) is 5.96. The topological polar surface area (TPSA) is 67.4 Å². The Morgan fingerprint density at radius 1 is 1.33 bits per heavy atom. The highest BCUT2D eigenvalue weighted by Gasteiger charge is 2.30. The van der Waals surface area contributed by atoms with E-state index in [0.29, 0.717) is 17.9 Å². The van der Waals surface area contributed by atoms with Gasteiger partial charge in [-0.05, 0) is 20.3 Å². The van der Waals surface area contributed by atoms with Crippen molar-refractivity contribution in [2.24, 2.45) is 0 Å². The molecule has 1 aliphatic rings. The fraction of sp³-hybridized carbons (Fsp3) is 0.692. The third kappa shape index (κ3) is 3.75. The molecule has 0 bridgehead atoms. The second-order valence-corrected chi connectivity index (χ2v) is 4.41. The van der Waals surface area contributed by atoms with E-state index < -0.39 is 0 Å². The largest absolute Gasteiger partial charge is 0.463 e. The van der Waals surface area contributed by atoms with Gasteiger partial charge in [0.1, 0.15) is 0 Å². The first-order valence-corrected chi connectivity index (χ1v) is 6.55. The van der Waals surface area contributed by atoms with Crippen molar-refractivity contribution in [3.8, 4) is 0 Å². The monoisotopic (exact) mass is 254 g/mol. The van der Waals surface area contributed by atoms with Crippen LogP contribution in [-0.4, -0.2) is 24.6 Å². The summed E-state index contributed by atoms with van der Waals surface area (Å²) in [6, 6.07) is -0.480. The van der Waals surface area contributed by atoms with Gasteiger partial charge in [0.05, 0.1) is 18.2 Å². The maximum Gasteiger partial charge on any atom is 0.337 e. The second-order valence-electron chi connectivity index (χ2n) is 4.41. The van der Waals surface area contributed by atoms with Gasteiger partial charge in [0.2, 0.25) is 0 Å². The van der Waals surface area contributed by atoms with Crippen LogP contribution >= 0.6 is 0 Å². The van der Waals surface area contributed by atoms with Crippen LogP contribution in [0.4, 0.5) is 4.79 Å². The molecule has 0 aromatic heterocycles. The third-order valence-corrected chi connectivity index (χ3v) is 2.95. The molecule has 102 valence electrons. The lowest BCUT2D eigenvalue weighted by atomic mass is 9.97. The van der Waals surface area contributed by atoms with Gasteiger partial charge in [0.15, 0.2) is 0 Å². The summed E-state index contributed by atoms with van der Waals surface area (Å²) >= 11 is 0. The Morgan fingerprint density at radius 2 is 2.06 bits per heavy atom. The summed E-state index contributed by atoms with van der Waals surface area (Å²) in [5.74, 6) is -0.344. The summed E-state index contributed by atoms with van der Waals surface area (Å²) in [5, 5.41) is 5.40. The molecule has 1 atom stereocenters. The number of unbranched alkanes of at least 4 members (excludes halogenated alkanes) is 2. The molecule has 1 heterocycles. The number of rotatable bonds is 6. The van der Waals surface area contributed by atoms with Crippen molar-refractivity contribution in [3.05, 3.63) is 11.3 Å². The first-order valence-electron chi connectivity index (χ1n) is 6.55. The predicted octanol–water partition coefficient (Wildman–Crippen LogP) is 2.09. The Labute approximate surface area is 108 Å². The summed E-state index contributed by atoms with van der Waals surface area (Å²) < 4.78 is 5.04. The van der Waals surface area contributed by atoms with Crippen LogP contribution in [0.5, 0.6) is 0 Å². The fourth-order valence-electron chi connectivity index (χ4n) is 2.08. The standard InChI is InChI=1S/C13H22N2O3/c1-4-6-7-8-10-11(12(16)18-5-2)9(3)14-13(17)15-10/h10H,4-8H2,1-3H3,(H2,14,15,17). The minimum Gasteiger partial charge on any atom is -0.463 e. The van der Waals surface area contributed by atoms with Crippen molar-refractivity contribution in [1.82, 2.24) is 10.6 Å². The van der Waals surface area contributed by atoms with Crippen molar-refractivity contribution in [2.75, 3.05) is 6.61 Å². The number of amides is 2. The van der Waals surface area contributed by atoms with Crippen LogP contribution in [0.1, 0.15) is 46.5 Å². The van der Waals surface area contributed by atoms with Crippen LogP contribution in [0.3, 0.4) is 0 Å². The maximum absolute atomic E-state index is 11.9. The third-order valence-electron chi connectivity index (χ3n) is 2.95. The second kappa shape index (κ2) is 7.03. The Balaban J connectivity index is 2.79. The van der Waals surface area contributed by atoms with Gasteiger partial charge >= 0.3 is 12.0 Å². The van der Waals surface area contributed by atoms with Gasteiger partial charge in [-0.3, -0.25) is 0 Å². The van der Waals surface area contributed by atoms with Gasteiger partial charge in [0.25, 0.3) is 0 Å². The van der Waals surface area contributed by atoms with Crippen molar-refractivity contribution < 1.29 is 14.3 Å². The Bertz CT molecular complexity index is 350. The first-order chi connectivity index (χ1) is 8.60. The molecule has 2 amide bonds. The molecule has 0 spiro atoms. The number of carbonyl (C=O) groups excluding carboxylic acids is 2. The quantitative estimate of drug-likeness (QED) is 0.563. The van der Waals surface area contributed by atoms with E-state index in [0.717, 1.165) is 25.7 Å². The van der Waals surface area contributed by atoms with Gasteiger partial charge < -0.3 is 15.4 Å². The number of urea groups is 1. The number of carbonyl (C=O) groups is 2. The molecule has 18 heavy (non-hydrogen) atoms. The predicted molar refractivity (Wildman–Crippen MR) is 68.9 cm³/mol. The van der Waals surface area contributed by atoms with E-state index in [1.807, 2.05) is 0 Å². The highest BCUT2D eigenvalue weighted by Crippen LogP contribution is 2.18. The Kier molecular flexibility index (Phi) is 5.68. The molecule has 1 unspecified atom stereocenters. The average Bonchev–Trinajstić information content (AvgIpc) is 2.28. The maximum atomic E-state index is 11.9. The number of esters is 1. The molecule has 0 aromatic rings. The summed E-state index contributed by atoms with van der Waals surface area (Å²) in [7, 11) is 0. The van der Waals surface area contributed by atoms with Crippen LogP contribution in [0.2, 0.25) is 0 Å². The molecule has 0 aromatic carbocycles. The van der Waals surface area contributed by atoms with E-state index in [9.17, 15) is 9.59 Å². The van der Waals surface area contributed by atoms with E-state index in [1.165, 1.54) is 0 Å². The van der Waals surface area contributed by atoms with E-state index in [1.54, 1.807) is 13.8 Å². The highest BCUT2D eigenvalue weighted by atomic mass is 16.5. The zero-order chi connectivity index (χ0) is 13.5. The number of hydrogen-bond donors (Lipinski definition) is 2. The molecule has 0 fully saturated rings. The van der Waals surface area contributed by atoms with Crippen LogP contribution in [-0.2, 0) is 9.53 Å². The van der Waals surface area contributed by atoms with Crippen molar-refractivity contribution in [2.45, 2.75) is 52.5 Å². The molecule has 0 saturated carbocycles. The van der Waals surface area contributed by atoms with Crippen LogP contribution < -0.4 is 10.6 Å². The van der Waals surface area contributed by atoms with Crippen molar-refractivity contribution >= 4 is 12.0 Å². The molecular formula is C13H22N2O3. The molecule has 2 N–H and O–H groups in total. The number of ether oxygens (including phenoxy) is 1. The lowest BCUT2D eigenvalue weighted by Crippen LogP contribution is -2.49. The zero-order valence-corrected chi connectivity index (χ0v) is 11.3. The van der Waals surface area contributed by atoms with E-state index in [2.05, 4.69) is 17.6 Å². The van der Waals surface area contributed by atoms with Crippen LogP contribution in [0.15, 0.2) is 11.3 Å². The summed E-state index contributed by atoms with van der Waals surface area (Å²) in [4.78, 5) is 23.3. The number of hydrogen-bond acceptors (Lipinski definition) is 3. The van der Waals surface area contributed by atoms with E-state index in [4.69, 9.17) is 4.74 Å². The molecule has 5 nitrogen and oxygen atoms in total. The minimum absolute atomic E-state index is 0.232. The smallest absolute Gasteiger partial charge is 0.337 e. The average molecular weight is 254 g/mol. The van der Waals surface area contributed by atoms with Crippen molar-refractivity contribution in [1.29, 1.82) is 0 Å². The first kappa shape index (κ1) is 14.5. The molecule has 1 aliphatic heterocycles.